The molecular weight excluding hydrogens is 164 g/mol. The Morgan fingerprint density at radius 2 is 1.85 bits per heavy atom. The summed E-state index contributed by atoms with van der Waals surface area (Å²) >= 11 is 0. The van der Waals surface area contributed by atoms with Gasteiger partial charge in [0.1, 0.15) is 0 Å². The monoisotopic (exact) mass is 186 g/mol. The van der Waals surface area contributed by atoms with Gasteiger partial charge in [-0.2, -0.15) is 0 Å². The summed E-state index contributed by atoms with van der Waals surface area (Å²) in [5, 5.41) is 0. The molecule has 0 aliphatic rings. The van der Waals surface area contributed by atoms with Gasteiger partial charge in [-0.05, 0) is 11.3 Å². The van der Waals surface area contributed by atoms with Gasteiger partial charge in [0.2, 0.25) is 0 Å². The highest BCUT2D eigenvalue weighted by Gasteiger charge is 2.35. The summed E-state index contributed by atoms with van der Waals surface area (Å²) in [7, 11) is 1.46. The van der Waals surface area contributed by atoms with Crippen LogP contribution >= 0.6 is 0 Å². The summed E-state index contributed by atoms with van der Waals surface area (Å²) in [6.45, 7) is 10.5. The van der Waals surface area contributed by atoms with Gasteiger partial charge >= 0.3 is 5.97 Å². The lowest BCUT2D eigenvalue weighted by Crippen LogP contribution is -2.34. The maximum absolute atomic E-state index is 11.5. The molecule has 0 aromatic rings. The van der Waals surface area contributed by atoms with Crippen molar-refractivity contribution in [3.8, 4) is 0 Å². The van der Waals surface area contributed by atoms with Gasteiger partial charge in [0.15, 0.2) is 0 Å². The number of esters is 1. The number of carbonyl (C=O) groups is 1. The number of carbonyl (C=O) groups excluding carboxylic acids is 1. The molecule has 0 fully saturated rings. The number of hydrogen-bond donors (Lipinski definition) is 0. The van der Waals surface area contributed by atoms with Crippen molar-refractivity contribution in [2.75, 3.05) is 7.11 Å². The molecule has 0 aliphatic carbocycles. The maximum atomic E-state index is 11.5. The highest BCUT2D eigenvalue weighted by Crippen LogP contribution is 2.34. The highest BCUT2D eigenvalue weighted by molar-refractivity contribution is 5.73. The smallest absolute Gasteiger partial charge is 0.309 e. The van der Waals surface area contributed by atoms with Gasteiger partial charge in [-0.3, -0.25) is 4.79 Å². The van der Waals surface area contributed by atoms with Crippen molar-refractivity contribution in [3.63, 3.8) is 0 Å². The van der Waals surface area contributed by atoms with Crippen molar-refractivity contribution in [1.82, 2.24) is 0 Å². The van der Waals surface area contributed by atoms with Crippen LogP contribution in [0.5, 0.6) is 0 Å². The van der Waals surface area contributed by atoms with Crippen LogP contribution in [0.15, 0.2) is 0 Å². The molecule has 0 aromatic carbocycles. The first-order chi connectivity index (χ1) is 5.84. The van der Waals surface area contributed by atoms with Crippen molar-refractivity contribution < 1.29 is 9.53 Å². The van der Waals surface area contributed by atoms with Crippen molar-refractivity contribution in [2.45, 2.75) is 41.0 Å². The molecule has 0 N–H and O–H groups in total. The van der Waals surface area contributed by atoms with E-state index in [9.17, 15) is 4.79 Å². The van der Waals surface area contributed by atoms with E-state index in [1.54, 1.807) is 0 Å². The molecule has 0 saturated heterocycles. The summed E-state index contributed by atoms with van der Waals surface area (Å²) in [6.07, 6.45) is 1.01. The molecule has 0 aliphatic heterocycles. The molecular formula is C11H22O2. The molecule has 13 heavy (non-hydrogen) atoms. The third-order valence-corrected chi connectivity index (χ3v) is 2.60. The second kappa shape index (κ2) is 4.64. The van der Waals surface area contributed by atoms with E-state index in [-0.39, 0.29) is 17.3 Å². The minimum absolute atomic E-state index is 0.00231. The van der Waals surface area contributed by atoms with Crippen LogP contribution in [0, 0.1) is 17.3 Å². The Morgan fingerprint density at radius 3 is 2.08 bits per heavy atom. The molecule has 2 heteroatoms. The van der Waals surface area contributed by atoms with Crippen LogP contribution in [0.25, 0.3) is 0 Å². The van der Waals surface area contributed by atoms with Crippen LogP contribution in [0.2, 0.25) is 0 Å². The standard InChI is InChI=1S/C11H22O2/c1-7-8(2)9(10(12)13-6)11(3,4)5/h8-9H,7H2,1-6H3/t8-,9?/m1/s1. The second-order valence-corrected chi connectivity index (χ2v) is 4.75. The summed E-state index contributed by atoms with van der Waals surface area (Å²) < 4.78 is 4.82. The van der Waals surface area contributed by atoms with E-state index in [1.807, 2.05) is 0 Å². The third kappa shape index (κ3) is 3.37. The average Bonchev–Trinajstić information content (AvgIpc) is 2.01. The zero-order valence-corrected chi connectivity index (χ0v) is 9.68. The topological polar surface area (TPSA) is 26.3 Å². The largest absolute Gasteiger partial charge is 0.469 e. The molecule has 2 nitrogen and oxygen atoms in total. The lowest BCUT2D eigenvalue weighted by atomic mass is 9.73. The lowest BCUT2D eigenvalue weighted by Gasteiger charge is -2.32. The van der Waals surface area contributed by atoms with E-state index < -0.39 is 0 Å². The zero-order chi connectivity index (χ0) is 10.6. The van der Waals surface area contributed by atoms with Crippen molar-refractivity contribution in [3.05, 3.63) is 0 Å². The molecule has 1 unspecified atom stereocenters. The molecule has 0 heterocycles. The number of ether oxygens (including phenoxy) is 1. The summed E-state index contributed by atoms with van der Waals surface area (Å²) in [5.74, 6) is 0.303. The molecule has 0 spiro atoms. The average molecular weight is 186 g/mol. The first kappa shape index (κ1) is 12.5. The minimum Gasteiger partial charge on any atom is -0.469 e. The predicted octanol–water partition coefficient (Wildman–Crippen LogP) is 2.87. The van der Waals surface area contributed by atoms with E-state index >= 15 is 0 Å². The van der Waals surface area contributed by atoms with Gasteiger partial charge in [-0.1, -0.05) is 41.0 Å². The minimum atomic E-state index is -0.0816. The molecule has 0 radical (unpaired) electrons. The predicted molar refractivity (Wildman–Crippen MR) is 54.4 cm³/mol. The Labute approximate surface area is 81.7 Å². The fraction of sp³-hybridized carbons (Fsp3) is 0.909. The Kier molecular flexibility index (Phi) is 4.45. The van der Waals surface area contributed by atoms with Crippen LogP contribution in [0.3, 0.4) is 0 Å². The van der Waals surface area contributed by atoms with Crippen molar-refractivity contribution in [2.24, 2.45) is 17.3 Å². The second-order valence-electron chi connectivity index (χ2n) is 4.75. The van der Waals surface area contributed by atoms with Crippen LogP contribution in [-0.2, 0) is 9.53 Å². The third-order valence-electron chi connectivity index (χ3n) is 2.60. The molecule has 0 bridgehead atoms. The fourth-order valence-electron chi connectivity index (χ4n) is 1.80. The Bertz CT molecular complexity index is 167. The molecule has 0 aromatic heterocycles. The Hall–Kier alpha value is -0.530. The van der Waals surface area contributed by atoms with Gasteiger partial charge in [0, 0.05) is 0 Å². The van der Waals surface area contributed by atoms with Gasteiger partial charge in [0.05, 0.1) is 13.0 Å². The van der Waals surface area contributed by atoms with E-state index in [0.717, 1.165) is 6.42 Å². The van der Waals surface area contributed by atoms with Gasteiger partial charge < -0.3 is 4.74 Å². The SMILES string of the molecule is CC[C@@H](C)C(C(=O)OC)C(C)(C)C. The van der Waals surface area contributed by atoms with E-state index in [1.165, 1.54) is 7.11 Å². The zero-order valence-electron chi connectivity index (χ0n) is 9.68. The van der Waals surface area contributed by atoms with Crippen LogP contribution < -0.4 is 0 Å². The van der Waals surface area contributed by atoms with Gasteiger partial charge in [0.25, 0.3) is 0 Å². The maximum Gasteiger partial charge on any atom is 0.309 e. The van der Waals surface area contributed by atoms with Crippen LogP contribution in [0.4, 0.5) is 0 Å². The fourth-order valence-corrected chi connectivity index (χ4v) is 1.80. The summed E-state index contributed by atoms with van der Waals surface area (Å²) in [5.41, 5.74) is -0.0114. The Morgan fingerprint density at radius 1 is 1.38 bits per heavy atom. The summed E-state index contributed by atoms with van der Waals surface area (Å²) in [6, 6.07) is 0. The molecule has 78 valence electrons. The highest BCUT2D eigenvalue weighted by atomic mass is 16.5. The number of methoxy groups -OCH3 is 1. The van der Waals surface area contributed by atoms with Gasteiger partial charge in [-0.15, -0.1) is 0 Å². The van der Waals surface area contributed by atoms with E-state index in [0.29, 0.717) is 5.92 Å². The van der Waals surface area contributed by atoms with Crippen molar-refractivity contribution >= 4 is 5.97 Å². The molecule has 0 rings (SSSR count). The molecule has 2 atom stereocenters. The Balaban J connectivity index is 4.65. The van der Waals surface area contributed by atoms with Crippen LogP contribution in [0.1, 0.15) is 41.0 Å². The number of rotatable bonds is 3. The van der Waals surface area contributed by atoms with Crippen molar-refractivity contribution in [1.29, 1.82) is 0 Å². The van der Waals surface area contributed by atoms with E-state index in [2.05, 4.69) is 34.6 Å². The van der Waals surface area contributed by atoms with Crippen LogP contribution in [-0.4, -0.2) is 13.1 Å². The van der Waals surface area contributed by atoms with E-state index in [4.69, 9.17) is 4.74 Å². The first-order valence-corrected chi connectivity index (χ1v) is 4.92. The molecule has 0 saturated carbocycles. The quantitative estimate of drug-likeness (QED) is 0.633. The first-order valence-electron chi connectivity index (χ1n) is 4.92. The normalized spacial score (nSPS) is 16.5. The van der Waals surface area contributed by atoms with Gasteiger partial charge in [-0.25, -0.2) is 0 Å². The lowest BCUT2D eigenvalue weighted by molar-refractivity contribution is -0.151. The summed E-state index contributed by atoms with van der Waals surface area (Å²) in [4.78, 5) is 11.5. The molecule has 0 amide bonds. The number of hydrogen-bond acceptors (Lipinski definition) is 2.